The van der Waals surface area contributed by atoms with E-state index in [1.807, 2.05) is 91.0 Å². The average Bonchev–Trinajstić information content (AvgIpc) is 3.59. The van der Waals surface area contributed by atoms with Crippen molar-refractivity contribution in [1.29, 1.82) is 0 Å². The van der Waals surface area contributed by atoms with Crippen LogP contribution < -0.4 is 0 Å². The molecule has 266 valence electrons. The van der Waals surface area contributed by atoms with Crippen LogP contribution in [-0.4, -0.2) is 40.9 Å². The fraction of sp³-hybridized carbons (Fsp3) is 0. The minimum Gasteiger partial charge on any atom is -0.504 e. The van der Waals surface area contributed by atoms with Gasteiger partial charge in [0.25, 0.3) is 0 Å². The molecule has 9 nitrogen and oxygen atoms in total. The van der Waals surface area contributed by atoms with Crippen LogP contribution in [0.5, 0.6) is 46.0 Å². The highest BCUT2D eigenvalue weighted by Gasteiger charge is 2.33. The number of phenols is 8. The van der Waals surface area contributed by atoms with E-state index in [2.05, 4.69) is 0 Å². The van der Waals surface area contributed by atoms with Crippen LogP contribution >= 0.6 is 0 Å². The van der Waals surface area contributed by atoms with Crippen LogP contribution in [0, 0.1) is 0 Å². The van der Waals surface area contributed by atoms with Gasteiger partial charge in [-0.3, -0.25) is 0 Å². The van der Waals surface area contributed by atoms with Crippen molar-refractivity contribution in [2.75, 3.05) is 0 Å². The molecule has 0 unspecified atom stereocenters. The van der Waals surface area contributed by atoms with E-state index in [0.717, 1.165) is 27.3 Å². The van der Waals surface area contributed by atoms with Gasteiger partial charge in [-0.1, -0.05) is 91.0 Å². The molecule has 0 spiro atoms. The lowest BCUT2D eigenvalue weighted by atomic mass is 9.81. The van der Waals surface area contributed by atoms with Gasteiger partial charge in [0.15, 0.2) is 23.0 Å². The summed E-state index contributed by atoms with van der Waals surface area (Å²) in [6, 6.07) is 37.1. The van der Waals surface area contributed by atoms with Crippen LogP contribution in [0.3, 0.4) is 0 Å². The summed E-state index contributed by atoms with van der Waals surface area (Å²) in [5.74, 6) is -7.56. The van der Waals surface area contributed by atoms with Crippen LogP contribution in [0.4, 0.5) is 0 Å². The Balaban J connectivity index is 1.49. The van der Waals surface area contributed by atoms with Crippen molar-refractivity contribution in [2.24, 2.45) is 0 Å². The Morgan fingerprint density at radius 1 is 0.309 bits per heavy atom. The topological polar surface area (TPSA) is 175 Å². The Morgan fingerprint density at radius 3 is 1.42 bits per heavy atom. The number of hydrogen-bond donors (Lipinski definition) is 8. The molecular formula is C46H28O9. The predicted octanol–water partition coefficient (Wildman–Crippen LogP) is 10.8. The molecule has 0 saturated carbocycles. The summed E-state index contributed by atoms with van der Waals surface area (Å²) in [5, 5.41) is 95.8. The predicted molar refractivity (Wildman–Crippen MR) is 213 cm³/mol. The van der Waals surface area contributed by atoms with Crippen molar-refractivity contribution in [3.63, 3.8) is 0 Å². The van der Waals surface area contributed by atoms with E-state index in [0.29, 0.717) is 38.5 Å². The van der Waals surface area contributed by atoms with Gasteiger partial charge in [-0.15, -0.1) is 0 Å². The highest BCUT2D eigenvalue weighted by Crippen LogP contribution is 2.63. The van der Waals surface area contributed by atoms with E-state index in [9.17, 15) is 40.9 Å². The molecule has 8 N–H and O–H groups in total. The van der Waals surface area contributed by atoms with Gasteiger partial charge >= 0.3 is 0 Å². The Kier molecular flexibility index (Phi) is 6.59. The van der Waals surface area contributed by atoms with Gasteiger partial charge in [-0.25, -0.2) is 0 Å². The van der Waals surface area contributed by atoms with Gasteiger partial charge in [-0.2, -0.15) is 0 Å². The van der Waals surface area contributed by atoms with Crippen molar-refractivity contribution < 1.29 is 45.3 Å². The lowest BCUT2D eigenvalue weighted by molar-refractivity contribution is 0.350. The minimum absolute atomic E-state index is 0.0239. The largest absolute Gasteiger partial charge is 0.504 e. The van der Waals surface area contributed by atoms with Crippen LogP contribution in [0.1, 0.15) is 0 Å². The number of fused-ring (bicyclic) bond motifs is 7. The fourth-order valence-corrected chi connectivity index (χ4v) is 8.19. The first-order valence-corrected chi connectivity index (χ1v) is 17.3. The molecule has 0 radical (unpaired) electrons. The molecule has 0 aliphatic rings. The van der Waals surface area contributed by atoms with Crippen LogP contribution in [0.15, 0.2) is 126 Å². The molecule has 55 heavy (non-hydrogen) atoms. The van der Waals surface area contributed by atoms with Crippen molar-refractivity contribution >= 4 is 65.0 Å². The molecule has 9 aromatic carbocycles. The molecule has 10 rings (SSSR count). The molecule has 1 aromatic heterocycles. The quantitative estimate of drug-likeness (QED) is 0.0501. The van der Waals surface area contributed by atoms with Gasteiger partial charge in [0.05, 0.1) is 0 Å². The third kappa shape index (κ3) is 4.35. The molecule has 0 aliphatic carbocycles. The second-order valence-corrected chi connectivity index (χ2v) is 13.6. The van der Waals surface area contributed by atoms with E-state index in [1.165, 1.54) is 0 Å². The smallest absolute Gasteiger partial charge is 0.204 e. The number of hydrogen-bond acceptors (Lipinski definition) is 9. The standard InChI is InChI=1S/C46H28O9/c47-39-35-33(27-15-8-16-30-32(27)29-18-22-11-4-5-12-23(22)20-31(29)55-30)36-38(42(50)46(54)44(52)40(36)48)34(37(35)41(49)45(53)43(39)51)28-19-25(21-9-2-1-3-10-21)17-24-13-6-7-14-26(24)28/h1-20,47-54H. The summed E-state index contributed by atoms with van der Waals surface area (Å²) in [4.78, 5) is 0. The summed E-state index contributed by atoms with van der Waals surface area (Å²) >= 11 is 0. The molecular weight excluding hydrogens is 696 g/mol. The van der Waals surface area contributed by atoms with Crippen molar-refractivity contribution in [2.45, 2.75) is 0 Å². The molecule has 9 heteroatoms. The highest BCUT2D eigenvalue weighted by molar-refractivity contribution is 6.32. The van der Waals surface area contributed by atoms with Gasteiger partial charge in [0.2, 0.25) is 23.0 Å². The maximum atomic E-state index is 11.9. The zero-order chi connectivity index (χ0) is 37.9. The highest BCUT2D eigenvalue weighted by atomic mass is 16.4. The Labute approximate surface area is 310 Å². The Hall–Kier alpha value is -7.78. The molecule has 0 amide bonds. The zero-order valence-corrected chi connectivity index (χ0v) is 28.5. The first kappa shape index (κ1) is 31.9. The average molecular weight is 725 g/mol. The number of benzene rings is 9. The molecule has 0 saturated heterocycles. The van der Waals surface area contributed by atoms with Crippen molar-refractivity contribution in [1.82, 2.24) is 0 Å². The van der Waals surface area contributed by atoms with Gasteiger partial charge in [0, 0.05) is 43.4 Å². The Morgan fingerprint density at radius 2 is 0.818 bits per heavy atom. The molecule has 0 fully saturated rings. The van der Waals surface area contributed by atoms with Crippen molar-refractivity contribution in [3.05, 3.63) is 121 Å². The van der Waals surface area contributed by atoms with Gasteiger partial charge < -0.3 is 45.3 Å². The van der Waals surface area contributed by atoms with Gasteiger partial charge in [0.1, 0.15) is 11.2 Å². The number of phenolic OH excluding ortho intramolecular Hbond substituents is 8. The van der Waals surface area contributed by atoms with Crippen LogP contribution in [0.2, 0.25) is 0 Å². The normalized spacial score (nSPS) is 11.9. The summed E-state index contributed by atoms with van der Waals surface area (Å²) < 4.78 is 6.33. The third-order valence-electron chi connectivity index (χ3n) is 10.7. The van der Waals surface area contributed by atoms with Crippen LogP contribution in [0.25, 0.3) is 98.4 Å². The second-order valence-electron chi connectivity index (χ2n) is 13.6. The summed E-state index contributed by atoms with van der Waals surface area (Å²) in [6.07, 6.45) is 0. The SMILES string of the molecule is Oc1c(O)c(O)c2c(-c3cccc4oc5cc6ccccc6cc5c34)c3c(O)c(O)c(O)c(O)c3c(-c3cc(-c4ccccc4)cc4ccccc34)c2c1O. The maximum Gasteiger partial charge on any atom is 0.204 e. The minimum atomic E-state index is -1.04. The van der Waals surface area contributed by atoms with E-state index in [4.69, 9.17) is 4.42 Å². The summed E-state index contributed by atoms with van der Waals surface area (Å²) in [5.41, 5.74) is 3.07. The monoisotopic (exact) mass is 724 g/mol. The first-order chi connectivity index (χ1) is 26.6. The fourth-order valence-electron chi connectivity index (χ4n) is 8.19. The lowest BCUT2D eigenvalue weighted by Gasteiger charge is -2.23. The first-order valence-electron chi connectivity index (χ1n) is 17.3. The lowest BCUT2D eigenvalue weighted by Crippen LogP contribution is -1.96. The number of aromatic hydroxyl groups is 8. The molecule has 10 aromatic rings. The Bertz CT molecular complexity index is 3210. The second kappa shape index (κ2) is 11.4. The van der Waals surface area contributed by atoms with E-state index >= 15 is 0 Å². The number of rotatable bonds is 3. The number of furan rings is 1. The third-order valence-corrected chi connectivity index (χ3v) is 10.7. The van der Waals surface area contributed by atoms with E-state index < -0.39 is 46.0 Å². The zero-order valence-electron chi connectivity index (χ0n) is 28.5. The van der Waals surface area contributed by atoms with Crippen molar-refractivity contribution in [3.8, 4) is 79.4 Å². The molecule has 0 bridgehead atoms. The van der Waals surface area contributed by atoms with E-state index in [1.54, 1.807) is 30.3 Å². The summed E-state index contributed by atoms with van der Waals surface area (Å²) in [7, 11) is 0. The van der Waals surface area contributed by atoms with Crippen LogP contribution in [-0.2, 0) is 0 Å². The van der Waals surface area contributed by atoms with E-state index in [-0.39, 0.29) is 32.7 Å². The maximum absolute atomic E-state index is 11.9. The molecule has 0 atom stereocenters. The molecule has 1 heterocycles. The molecule has 0 aliphatic heterocycles. The summed E-state index contributed by atoms with van der Waals surface area (Å²) in [6.45, 7) is 0. The van der Waals surface area contributed by atoms with Gasteiger partial charge in [-0.05, 0) is 74.1 Å².